The van der Waals surface area contributed by atoms with Crippen molar-refractivity contribution in [3.05, 3.63) is 51.7 Å². The van der Waals surface area contributed by atoms with Crippen LogP contribution in [0.2, 0.25) is 0 Å². The van der Waals surface area contributed by atoms with Crippen LogP contribution in [-0.4, -0.2) is 72.3 Å². The zero-order chi connectivity index (χ0) is 24.2. The van der Waals surface area contributed by atoms with Crippen LogP contribution in [0.4, 0.5) is 0 Å². The third kappa shape index (κ3) is 4.97. The summed E-state index contributed by atoms with van der Waals surface area (Å²) >= 11 is 1.50. The van der Waals surface area contributed by atoms with Crippen molar-refractivity contribution in [1.82, 2.24) is 14.7 Å². The van der Waals surface area contributed by atoms with Crippen molar-refractivity contribution in [2.75, 3.05) is 39.8 Å². The molecule has 3 heterocycles. The Hall–Kier alpha value is -2.87. The van der Waals surface area contributed by atoms with Gasteiger partial charge in [0, 0.05) is 44.0 Å². The SMILES string of the molecule is CCCCN1C(=O)CC(C(=O)N2CCN(C(=O)c3ccc(C)s3)CC2)C1c1ccc(OC)cc1. The number of methoxy groups -OCH3 is 1. The Kier molecular flexibility index (Phi) is 7.56. The molecule has 3 amide bonds. The van der Waals surface area contributed by atoms with Crippen molar-refractivity contribution in [1.29, 1.82) is 0 Å². The molecule has 2 aliphatic heterocycles. The maximum absolute atomic E-state index is 13.6. The summed E-state index contributed by atoms with van der Waals surface area (Å²) in [6, 6.07) is 11.2. The van der Waals surface area contributed by atoms with Gasteiger partial charge in [0.05, 0.1) is 23.9 Å². The predicted molar refractivity (Wildman–Crippen MR) is 132 cm³/mol. The van der Waals surface area contributed by atoms with Crippen LogP contribution in [-0.2, 0) is 9.59 Å². The van der Waals surface area contributed by atoms with Gasteiger partial charge in [-0.25, -0.2) is 0 Å². The number of nitrogens with zero attached hydrogens (tertiary/aromatic N) is 3. The van der Waals surface area contributed by atoms with Gasteiger partial charge in [-0.1, -0.05) is 25.5 Å². The molecule has 4 rings (SSSR count). The van der Waals surface area contributed by atoms with Crippen molar-refractivity contribution >= 4 is 29.1 Å². The normalized spacial score (nSPS) is 20.7. The van der Waals surface area contributed by atoms with Crippen LogP contribution in [0.15, 0.2) is 36.4 Å². The van der Waals surface area contributed by atoms with Crippen molar-refractivity contribution < 1.29 is 19.1 Å². The van der Waals surface area contributed by atoms with Crippen LogP contribution in [0.1, 0.15) is 52.3 Å². The van der Waals surface area contributed by atoms with Crippen molar-refractivity contribution in [2.45, 2.75) is 39.2 Å². The molecule has 2 atom stereocenters. The Morgan fingerprint density at radius 1 is 1.03 bits per heavy atom. The van der Waals surface area contributed by atoms with Crippen LogP contribution in [0.25, 0.3) is 0 Å². The maximum atomic E-state index is 13.6. The van der Waals surface area contributed by atoms with E-state index in [0.29, 0.717) is 32.7 Å². The van der Waals surface area contributed by atoms with Crippen molar-refractivity contribution in [2.24, 2.45) is 5.92 Å². The smallest absolute Gasteiger partial charge is 0.264 e. The molecule has 34 heavy (non-hydrogen) atoms. The molecule has 7 nitrogen and oxygen atoms in total. The lowest BCUT2D eigenvalue weighted by Gasteiger charge is -2.37. The molecule has 1 aromatic carbocycles. The van der Waals surface area contributed by atoms with Crippen LogP contribution >= 0.6 is 11.3 Å². The van der Waals surface area contributed by atoms with Gasteiger partial charge < -0.3 is 19.4 Å². The molecule has 0 radical (unpaired) electrons. The molecule has 1 aromatic heterocycles. The molecule has 2 fully saturated rings. The lowest BCUT2D eigenvalue weighted by atomic mass is 9.91. The molecular formula is C26H33N3O4S. The second kappa shape index (κ2) is 10.6. The molecule has 2 unspecified atom stereocenters. The summed E-state index contributed by atoms with van der Waals surface area (Å²) in [4.78, 5) is 46.8. The number of hydrogen-bond acceptors (Lipinski definition) is 5. The van der Waals surface area contributed by atoms with E-state index in [4.69, 9.17) is 4.74 Å². The summed E-state index contributed by atoms with van der Waals surface area (Å²) in [5.41, 5.74) is 0.961. The van der Waals surface area contributed by atoms with Gasteiger partial charge >= 0.3 is 0 Å². The van der Waals surface area contributed by atoms with E-state index in [-0.39, 0.29) is 30.2 Å². The zero-order valence-corrected chi connectivity index (χ0v) is 21.0. The standard InChI is InChI=1S/C26H33N3O4S/c1-4-5-12-29-23(30)17-21(24(29)19-7-9-20(33-3)10-8-19)25(31)27-13-15-28(16-14-27)26(32)22-11-6-18(2)34-22/h6-11,21,24H,4-5,12-17H2,1-3H3. The number of aryl methyl sites for hydroxylation is 1. The number of ether oxygens (including phenoxy) is 1. The summed E-state index contributed by atoms with van der Waals surface area (Å²) in [7, 11) is 1.62. The topological polar surface area (TPSA) is 70.2 Å². The first-order valence-electron chi connectivity index (χ1n) is 12.0. The first kappa shape index (κ1) is 24.3. The minimum absolute atomic E-state index is 0.00670. The van der Waals surface area contributed by atoms with Gasteiger partial charge in [0.2, 0.25) is 11.8 Å². The van der Waals surface area contributed by atoms with Gasteiger partial charge in [0.1, 0.15) is 5.75 Å². The number of unbranched alkanes of at least 4 members (excludes halogenated alkanes) is 1. The molecule has 8 heteroatoms. The fourth-order valence-electron chi connectivity index (χ4n) is 4.89. The third-order valence-electron chi connectivity index (χ3n) is 6.79. The number of piperazine rings is 1. The van der Waals surface area contributed by atoms with Crippen LogP contribution < -0.4 is 4.74 Å². The highest BCUT2D eigenvalue weighted by Gasteiger charge is 2.46. The predicted octanol–water partition coefficient (Wildman–Crippen LogP) is 3.74. The Balaban J connectivity index is 1.48. The monoisotopic (exact) mass is 483 g/mol. The number of likely N-dealkylation sites (tertiary alicyclic amines) is 1. The zero-order valence-electron chi connectivity index (χ0n) is 20.2. The molecule has 0 bridgehead atoms. The number of rotatable bonds is 7. The Morgan fingerprint density at radius 3 is 2.29 bits per heavy atom. The summed E-state index contributed by atoms with van der Waals surface area (Å²) in [6.07, 6.45) is 2.12. The second-order valence-corrected chi connectivity index (χ2v) is 10.3. The van der Waals surface area contributed by atoms with Crippen molar-refractivity contribution in [3.8, 4) is 5.75 Å². The van der Waals surface area contributed by atoms with E-state index in [1.807, 2.05) is 58.0 Å². The van der Waals surface area contributed by atoms with Crippen molar-refractivity contribution in [3.63, 3.8) is 0 Å². The highest BCUT2D eigenvalue weighted by Crippen LogP contribution is 2.40. The molecule has 0 aliphatic carbocycles. The lowest BCUT2D eigenvalue weighted by molar-refractivity contribution is -0.138. The minimum atomic E-state index is -0.417. The van der Waals surface area contributed by atoms with Gasteiger partial charge in [-0.05, 0) is 43.2 Å². The third-order valence-corrected chi connectivity index (χ3v) is 7.78. The minimum Gasteiger partial charge on any atom is -0.497 e. The van der Waals surface area contributed by atoms with E-state index < -0.39 is 5.92 Å². The summed E-state index contributed by atoms with van der Waals surface area (Å²) in [6.45, 7) is 6.74. The van der Waals surface area contributed by atoms with E-state index in [0.717, 1.165) is 33.9 Å². The molecule has 0 spiro atoms. The largest absolute Gasteiger partial charge is 0.497 e. The molecule has 2 saturated heterocycles. The quantitative estimate of drug-likeness (QED) is 0.602. The molecule has 2 aliphatic rings. The Labute approximate surface area is 205 Å². The fraction of sp³-hybridized carbons (Fsp3) is 0.500. The Bertz CT molecular complexity index is 1030. The van der Waals surface area contributed by atoms with Crippen LogP contribution in [0.5, 0.6) is 5.75 Å². The number of amides is 3. The van der Waals surface area contributed by atoms with Gasteiger partial charge in [-0.2, -0.15) is 0 Å². The van der Waals surface area contributed by atoms with E-state index in [2.05, 4.69) is 6.92 Å². The van der Waals surface area contributed by atoms with E-state index in [1.165, 1.54) is 11.3 Å². The molecule has 182 valence electrons. The average Bonchev–Trinajstić information content (AvgIpc) is 3.44. The summed E-state index contributed by atoms with van der Waals surface area (Å²) in [5, 5.41) is 0. The molecule has 0 saturated carbocycles. The van der Waals surface area contributed by atoms with E-state index >= 15 is 0 Å². The first-order valence-corrected chi connectivity index (χ1v) is 12.8. The average molecular weight is 484 g/mol. The van der Waals surface area contributed by atoms with Gasteiger partial charge in [-0.15, -0.1) is 11.3 Å². The highest BCUT2D eigenvalue weighted by atomic mass is 32.1. The first-order chi connectivity index (χ1) is 16.4. The van der Waals surface area contributed by atoms with Gasteiger partial charge in [0.25, 0.3) is 5.91 Å². The highest BCUT2D eigenvalue weighted by molar-refractivity contribution is 7.13. The summed E-state index contributed by atoms with van der Waals surface area (Å²) in [5.74, 6) is 0.405. The van der Waals surface area contributed by atoms with E-state index in [1.54, 1.807) is 7.11 Å². The number of thiophene rings is 1. The van der Waals surface area contributed by atoms with Gasteiger partial charge in [-0.3, -0.25) is 14.4 Å². The number of benzene rings is 1. The second-order valence-electron chi connectivity index (χ2n) is 9.00. The Morgan fingerprint density at radius 2 is 1.71 bits per heavy atom. The fourth-order valence-corrected chi connectivity index (χ4v) is 5.72. The number of carbonyl (C=O) groups excluding carboxylic acids is 3. The number of hydrogen-bond donors (Lipinski definition) is 0. The maximum Gasteiger partial charge on any atom is 0.264 e. The summed E-state index contributed by atoms with van der Waals surface area (Å²) < 4.78 is 5.29. The lowest BCUT2D eigenvalue weighted by Crippen LogP contribution is -2.52. The van der Waals surface area contributed by atoms with Crippen LogP contribution in [0.3, 0.4) is 0 Å². The van der Waals surface area contributed by atoms with Gasteiger partial charge in [0.15, 0.2) is 0 Å². The molecular weight excluding hydrogens is 450 g/mol. The van der Waals surface area contributed by atoms with E-state index in [9.17, 15) is 14.4 Å². The molecule has 0 N–H and O–H groups in total. The van der Waals surface area contributed by atoms with Crippen LogP contribution in [0, 0.1) is 12.8 Å². The molecule has 2 aromatic rings. The number of carbonyl (C=O) groups is 3.